The van der Waals surface area contributed by atoms with Gasteiger partial charge in [0.1, 0.15) is 0 Å². The average molecular weight is 287 g/mol. The largest absolute Gasteiger partial charge is 0.305 e. The highest BCUT2D eigenvalue weighted by Crippen LogP contribution is 2.21. The third-order valence-corrected chi connectivity index (χ3v) is 3.39. The molecule has 0 aliphatic carbocycles. The Labute approximate surface area is 132 Å². The zero-order valence-electron chi connectivity index (χ0n) is 14.6. The van der Waals surface area contributed by atoms with Crippen LogP contribution in [0.3, 0.4) is 0 Å². The summed E-state index contributed by atoms with van der Waals surface area (Å²) in [5.41, 5.74) is 3.12. The van der Waals surface area contributed by atoms with Crippen molar-refractivity contribution >= 4 is 5.71 Å². The molecule has 1 heteroatoms. The van der Waals surface area contributed by atoms with Crippen molar-refractivity contribution in [3.05, 3.63) is 48.0 Å². The summed E-state index contributed by atoms with van der Waals surface area (Å²) >= 11 is 0. The van der Waals surface area contributed by atoms with Gasteiger partial charge in [-0.2, -0.15) is 0 Å². The molecule has 0 aliphatic heterocycles. The molecule has 1 rings (SSSR count). The molecule has 0 fully saturated rings. The van der Waals surface area contributed by atoms with E-state index in [9.17, 15) is 0 Å². The van der Waals surface area contributed by atoms with Gasteiger partial charge >= 0.3 is 0 Å². The quantitative estimate of drug-likeness (QED) is 0.417. The van der Waals surface area contributed by atoms with E-state index in [1.807, 2.05) is 44.2 Å². The summed E-state index contributed by atoms with van der Waals surface area (Å²) in [7, 11) is 0. The number of allylic oxidation sites excluding steroid dienone is 1. The smallest absolute Gasteiger partial charge is 0.0388 e. The van der Waals surface area contributed by atoms with E-state index in [0.717, 1.165) is 36.5 Å². The third-order valence-electron chi connectivity index (χ3n) is 3.39. The minimum atomic E-state index is 0.507. The van der Waals surface area contributed by atoms with E-state index in [2.05, 4.69) is 27.4 Å². The molecule has 1 unspecified atom stereocenters. The van der Waals surface area contributed by atoms with Crippen LogP contribution >= 0.6 is 0 Å². The van der Waals surface area contributed by atoms with Gasteiger partial charge in [-0.1, -0.05) is 77.1 Å². The standard InChI is InChI=1S/C18H27N.C2H6/c1-14(2)10-11-15(3)12-16(4)13-18(19)17-8-6-5-7-9-17;1-2/h5-9,14,16,19H,3,10-13H2,1-2,4H3;1-2H3. The first-order valence-corrected chi connectivity index (χ1v) is 8.28. The van der Waals surface area contributed by atoms with Crippen molar-refractivity contribution in [2.75, 3.05) is 0 Å². The second-order valence-electron chi connectivity index (χ2n) is 6.04. The van der Waals surface area contributed by atoms with E-state index in [1.54, 1.807) is 0 Å². The zero-order valence-corrected chi connectivity index (χ0v) is 14.6. The lowest BCUT2D eigenvalue weighted by atomic mass is 9.91. The lowest BCUT2D eigenvalue weighted by Crippen LogP contribution is -2.07. The highest BCUT2D eigenvalue weighted by atomic mass is 14.4. The molecule has 1 aromatic rings. The highest BCUT2D eigenvalue weighted by Gasteiger charge is 2.09. The van der Waals surface area contributed by atoms with E-state index in [-0.39, 0.29) is 0 Å². The van der Waals surface area contributed by atoms with Gasteiger partial charge in [0.25, 0.3) is 0 Å². The van der Waals surface area contributed by atoms with E-state index in [1.165, 1.54) is 12.0 Å². The second-order valence-corrected chi connectivity index (χ2v) is 6.04. The van der Waals surface area contributed by atoms with Crippen LogP contribution in [0.4, 0.5) is 0 Å². The van der Waals surface area contributed by atoms with Gasteiger partial charge in [0.2, 0.25) is 0 Å². The maximum atomic E-state index is 8.14. The third kappa shape index (κ3) is 9.23. The van der Waals surface area contributed by atoms with Crippen LogP contribution in [-0.2, 0) is 0 Å². The molecule has 0 aromatic heterocycles. The topological polar surface area (TPSA) is 23.9 Å². The van der Waals surface area contributed by atoms with Crippen molar-refractivity contribution in [3.63, 3.8) is 0 Å². The van der Waals surface area contributed by atoms with Crippen LogP contribution in [-0.4, -0.2) is 5.71 Å². The number of benzene rings is 1. The normalized spacial score (nSPS) is 11.5. The van der Waals surface area contributed by atoms with E-state index in [0.29, 0.717) is 5.92 Å². The molecule has 0 heterocycles. The summed E-state index contributed by atoms with van der Waals surface area (Å²) in [6.07, 6.45) is 4.23. The molecule has 118 valence electrons. The molecule has 1 aromatic carbocycles. The van der Waals surface area contributed by atoms with Crippen LogP contribution in [0.25, 0.3) is 0 Å². The zero-order chi connectivity index (χ0) is 16.3. The Morgan fingerprint density at radius 2 is 1.62 bits per heavy atom. The van der Waals surface area contributed by atoms with Crippen LogP contribution in [0.15, 0.2) is 42.5 Å². The number of rotatable bonds is 8. The monoisotopic (exact) mass is 287 g/mol. The van der Waals surface area contributed by atoms with E-state index >= 15 is 0 Å². The van der Waals surface area contributed by atoms with Gasteiger partial charge in [-0.05, 0) is 43.1 Å². The molecule has 1 N–H and O–H groups in total. The van der Waals surface area contributed by atoms with Crippen molar-refractivity contribution in [2.24, 2.45) is 11.8 Å². The maximum Gasteiger partial charge on any atom is 0.0388 e. The molecule has 0 bridgehead atoms. The fraction of sp³-hybridized carbons (Fsp3) is 0.550. The first-order valence-electron chi connectivity index (χ1n) is 8.28. The van der Waals surface area contributed by atoms with Gasteiger partial charge in [-0.3, -0.25) is 0 Å². The molecule has 0 saturated carbocycles. The summed E-state index contributed by atoms with van der Waals surface area (Å²) in [5.74, 6) is 1.25. The van der Waals surface area contributed by atoms with Crippen molar-refractivity contribution in [1.82, 2.24) is 0 Å². The molecule has 0 spiro atoms. The Bertz CT molecular complexity index is 403. The summed E-state index contributed by atoms with van der Waals surface area (Å²) < 4.78 is 0. The van der Waals surface area contributed by atoms with Crippen LogP contribution in [0, 0.1) is 17.2 Å². The van der Waals surface area contributed by atoms with Gasteiger partial charge < -0.3 is 5.41 Å². The number of nitrogens with one attached hydrogen (secondary N) is 1. The van der Waals surface area contributed by atoms with E-state index < -0.39 is 0 Å². The van der Waals surface area contributed by atoms with Crippen LogP contribution in [0.5, 0.6) is 0 Å². The lowest BCUT2D eigenvalue weighted by molar-refractivity contribution is 0.542. The molecule has 0 aliphatic rings. The average Bonchev–Trinajstić information content (AvgIpc) is 2.48. The Kier molecular flexibility index (Phi) is 10.6. The maximum absolute atomic E-state index is 8.14. The van der Waals surface area contributed by atoms with Crippen LogP contribution in [0.1, 0.15) is 65.9 Å². The van der Waals surface area contributed by atoms with E-state index in [4.69, 9.17) is 5.41 Å². The Hall–Kier alpha value is -1.37. The lowest BCUT2D eigenvalue weighted by Gasteiger charge is -2.15. The summed E-state index contributed by atoms with van der Waals surface area (Å²) in [6.45, 7) is 14.9. The SMILES string of the molecule is C=C(CCC(C)C)CC(C)CC(=N)c1ccccc1.CC. The number of hydrogen-bond acceptors (Lipinski definition) is 1. The first-order chi connectivity index (χ1) is 9.99. The Morgan fingerprint density at radius 1 is 1.05 bits per heavy atom. The van der Waals surface area contributed by atoms with Gasteiger partial charge in [0.05, 0.1) is 0 Å². The van der Waals surface area contributed by atoms with Crippen molar-refractivity contribution in [2.45, 2.75) is 60.3 Å². The predicted octanol–water partition coefficient (Wildman–Crippen LogP) is 6.49. The summed E-state index contributed by atoms with van der Waals surface area (Å²) in [5, 5.41) is 8.14. The van der Waals surface area contributed by atoms with Gasteiger partial charge in [0.15, 0.2) is 0 Å². The van der Waals surface area contributed by atoms with Crippen LogP contribution in [0.2, 0.25) is 0 Å². The minimum Gasteiger partial charge on any atom is -0.305 e. The second kappa shape index (κ2) is 11.3. The van der Waals surface area contributed by atoms with Gasteiger partial charge in [-0.15, -0.1) is 0 Å². The molecule has 21 heavy (non-hydrogen) atoms. The van der Waals surface area contributed by atoms with Crippen molar-refractivity contribution < 1.29 is 0 Å². The Morgan fingerprint density at radius 3 is 2.14 bits per heavy atom. The first kappa shape index (κ1) is 19.6. The molecule has 1 nitrogen and oxygen atoms in total. The highest BCUT2D eigenvalue weighted by molar-refractivity contribution is 5.98. The molecule has 1 atom stereocenters. The molecular weight excluding hydrogens is 254 g/mol. The van der Waals surface area contributed by atoms with Crippen molar-refractivity contribution in [1.29, 1.82) is 5.41 Å². The molecular formula is C20H33N. The predicted molar refractivity (Wildman–Crippen MR) is 96.2 cm³/mol. The van der Waals surface area contributed by atoms with Crippen molar-refractivity contribution in [3.8, 4) is 0 Å². The van der Waals surface area contributed by atoms with Gasteiger partial charge in [0, 0.05) is 5.71 Å². The molecule has 0 amide bonds. The fourth-order valence-electron chi connectivity index (χ4n) is 2.27. The minimum absolute atomic E-state index is 0.507. The van der Waals surface area contributed by atoms with Gasteiger partial charge in [-0.25, -0.2) is 0 Å². The molecule has 0 radical (unpaired) electrons. The fourth-order valence-corrected chi connectivity index (χ4v) is 2.27. The Balaban J connectivity index is 0.00000191. The molecule has 0 saturated heterocycles. The van der Waals surface area contributed by atoms with Crippen LogP contribution < -0.4 is 0 Å². The summed E-state index contributed by atoms with van der Waals surface area (Å²) in [4.78, 5) is 0. The number of hydrogen-bond donors (Lipinski definition) is 1. The summed E-state index contributed by atoms with van der Waals surface area (Å²) in [6, 6.07) is 10.0.